The van der Waals surface area contributed by atoms with Crippen molar-refractivity contribution in [2.24, 2.45) is 0 Å². The standard InChI is InChI=1S/C15H8F3NO2S2/c16-15(17,18)10-4-2-1-3-9(10)11-6-5-8(21-11)7-12-13(20)19-14(22)23-12/h1-7H,(H,19,20,22). The Morgan fingerprint density at radius 3 is 2.57 bits per heavy atom. The molecule has 1 aliphatic heterocycles. The van der Waals surface area contributed by atoms with E-state index in [1.807, 2.05) is 0 Å². The number of halogens is 3. The number of rotatable bonds is 2. The lowest BCUT2D eigenvalue weighted by atomic mass is 10.1. The number of carbonyl (C=O) groups excluding carboxylic acids is 1. The van der Waals surface area contributed by atoms with Gasteiger partial charge in [0.1, 0.15) is 15.8 Å². The Labute approximate surface area is 138 Å². The van der Waals surface area contributed by atoms with Crippen molar-refractivity contribution in [1.29, 1.82) is 0 Å². The summed E-state index contributed by atoms with van der Waals surface area (Å²) in [5.74, 6) is 0.00345. The molecule has 3 nitrogen and oxygen atoms in total. The second-order valence-electron chi connectivity index (χ2n) is 4.60. The van der Waals surface area contributed by atoms with Crippen LogP contribution in [0.3, 0.4) is 0 Å². The van der Waals surface area contributed by atoms with Crippen molar-refractivity contribution in [3.05, 3.63) is 52.6 Å². The van der Waals surface area contributed by atoms with Crippen molar-refractivity contribution in [1.82, 2.24) is 5.32 Å². The molecule has 0 radical (unpaired) electrons. The largest absolute Gasteiger partial charge is 0.457 e. The number of thiocarbonyl (C=S) groups is 1. The normalized spacial score (nSPS) is 16.9. The van der Waals surface area contributed by atoms with Crippen molar-refractivity contribution in [3.8, 4) is 11.3 Å². The molecule has 3 rings (SSSR count). The first-order chi connectivity index (χ1) is 10.8. The van der Waals surface area contributed by atoms with Gasteiger partial charge in [0, 0.05) is 11.6 Å². The molecule has 0 saturated carbocycles. The minimum absolute atomic E-state index is 0.0521. The number of thioether (sulfide) groups is 1. The third kappa shape index (κ3) is 3.32. The Morgan fingerprint density at radius 1 is 1.17 bits per heavy atom. The van der Waals surface area contributed by atoms with Gasteiger partial charge >= 0.3 is 6.18 Å². The number of hydrogen-bond acceptors (Lipinski definition) is 4. The van der Waals surface area contributed by atoms with Crippen LogP contribution in [0.15, 0.2) is 45.7 Å². The van der Waals surface area contributed by atoms with Crippen molar-refractivity contribution >= 4 is 40.3 Å². The molecule has 118 valence electrons. The summed E-state index contributed by atoms with van der Waals surface area (Å²) < 4.78 is 44.9. The maximum Gasteiger partial charge on any atom is 0.417 e. The Kier molecular flexibility index (Phi) is 4.03. The quantitative estimate of drug-likeness (QED) is 0.638. The number of nitrogens with one attached hydrogen (secondary N) is 1. The summed E-state index contributed by atoms with van der Waals surface area (Å²) in [5, 5.41) is 2.45. The highest BCUT2D eigenvalue weighted by atomic mass is 32.2. The molecule has 1 aromatic heterocycles. The number of carbonyl (C=O) groups is 1. The molecular formula is C15H8F3NO2S2. The summed E-state index contributed by atoms with van der Waals surface area (Å²) in [5.41, 5.74) is -0.827. The SMILES string of the molecule is O=C1NC(=S)SC1=Cc1ccc(-c2ccccc2C(F)(F)F)o1. The van der Waals surface area contributed by atoms with Crippen LogP contribution in [-0.4, -0.2) is 10.2 Å². The number of amides is 1. The number of alkyl halides is 3. The minimum Gasteiger partial charge on any atom is -0.457 e. The topological polar surface area (TPSA) is 42.2 Å². The van der Waals surface area contributed by atoms with E-state index in [0.717, 1.165) is 17.8 Å². The Bertz CT molecular complexity index is 824. The number of furan rings is 1. The molecule has 23 heavy (non-hydrogen) atoms. The van der Waals surface area contributed by atoms with Crippen LogP contribution in [0.5, 0.6) is 0 Å². The summed E-state index contributed by atoms with van der Waals surface area (Å²) in [7, 11) is 0. The van der Waals surface area contributed by atoms with Gasteiger partial charge in [0.25, 0.3) is 5.91 Å². The Balaban J connectivity index is 1.96. The average Bonchev–Trinajstić information content (AvgIpc) is 3.05. The lowest BCUT2D eigenvalue weighted by Gasteiger charge is -2.10. The first kappa shape index (κ1) is 15.8. The summed E-state index contributed by atoms with van der Waals surface area (Å²) in [6, 6.07) is 8.10. The van der Waals surface area contributed by atoms with Crippen LogP contribution in [-0.2, 0) is 11.0 Å². The maximum atomic E-state index is 13.0. The van der Waals surface area contributed by atoms with Crippen molar-refractivity contribution < 1.29 is 22.4 Å². The van der Waals surface area contributed by atoms with Gasteiger partial charge in [-0.15, -0.1) is 0 Å². The van der Waals surface area contributed by atoms with E-state index in [0.29, 0.717) is 9.23 Å². The van der Waals surface area contributed by atoms with Crippen LogP contribution in [0.4, 0.5) is 13.2 Å². The predicted molar refractivity (Wildman–Crippen MR) is 85.5 cm³/mol. The molecule has 2 aromatic rings. The van der Waals surface area contributed by atoms with E-state index >= 15 is 0 Å². The van der Waals surface area contributed by atoms with Gasteiger partial charge in [0.15, 0.2) is 0 Å². The van der Waals surface area contributed by atoms with Gasteiger partial charge in [-0.05, 0) is 18.2 Å². The molecule has 8 heteroatoms. The summed E-state index contributed by atoms with van der Waals surface area (Å²) >= 11 is 5.94. The predicted octanol–water partition coefficient (Wildman–Crippen LogP) is 4.45. The fourth-order valence-corrected chi connectivity index (χ4v) is 3.09. The van der Waals surface area contributed by atoms with E-state index in [2.05, 4.69) is 5.32 Å². The molecule has 1 saturated heterocycles. The molecule has 1 amide bonds. The third-order valence-corrected chi connectivity index (χ3v) is 4.20. The van der Waals surface area contributed by atoms with E-state index in [9.17, 15) is 18.0 Å². The second kappa shape index (κ2) is 5.86. The van der Waals surface area contributed by atoms with Crippen LogP contribution in [0.25, 0.3) is 17.4 Å². The molecule has 0 atom stereocenters. The fourth-order valence-electron chi connectivity index (χ4n) is 2.07. The molecule has 0 bridgehead atoms. The molecule has 0 aliphatic carbocycles. The molecule has 1 fully saturated rings. The third-order valence-electron chi connectivity index (χ3n) is 3.04. The molecule has 0 unspecified atom stereocenters. The number of hydrogen-bond donors (Lipinski definition) is 1. The van der Waals surface area contributed by atoms with E-state index in [-0.39, 0.29) is 23.0 Å². The lowest BCUT2D eigenvalue weighted by Crippen LogP contribution is -2.17. The van der Waals surface area contributed by atoms with Crippen LogP contribution in [0, 0.1) is 0 Å². The van der Waals surface area contributed by atoms with Crippen LogP contribution in [0.2, 0.25) is 0 Å². The smallest absolute Gasteiger partial charge is 0.417 e. The van der Waals surface area contributed by atoms with Gasteiger partial charge in [-0.1, -0.05) is 42.2 Å². The van der Waals surface area contributed by atoms with Gasteiger partial charge in [-0.2, -0.15) is 13.2 Å². The number of benzene rings is 1. The molecule has 1 aromatic carbocycles. The summed E-state index contributed by atoms with van der Waals surface area (Å²) in [6.07, 6.45) is -3.03. The van der Waals surface area contributed by atoms with E-state index < -0.39 is 11.7 Å². The summed E-state index contributed by atoms with van der Waals surface area (Å²) in [4.78, 5) is 11.9. The van der Waals surface area contributed by atoms with Gasteiger partial charge in [0.05, 0.1) is 10.5 Å². The lowest BCUT2D eigenvalue weighted by molar-refractivity contribution is -0.137. The average molecular weight is 355 g/mol. The van der Waals surface area contributed by atoms with Gasteiger partial charge in [-0.25, -0.2) is 0 Å². The first-order valence-electron chi connectivity index (χ1n) is 6.36. The highest BCUT2D eigenvalue weighted by molar-refractivity contribution is 8.26. The Morgan fingerprint density at radius 2 is 1.91 bits per heavy atom. The Hall–Kier alpha value is -2.06. The molecule has 0 spiro atoms. The monoisotopic (exact) mass is 355 g/mol. The van der Waals surface area contributed by atoms with Crippen LogP contribution < -0.4 is 5.32 Å². The minimum atomic E-state index is -4.48. The van der Waals surface area contributed by atoms with Crippen LogP contribution >= 0.6 is 24.0 Å². The molecule has 1 N–H and O–H groups in total. The molecule has 1 aliphatic rings. The van der Waals surface area contributed by atoms with Gasteiger partial charge in [0.2, 0.25) is 0 Å². The summed E-state index contributed by atoms with van der Waals surface area (Å²) in [6.45, 7) is 0. The van der Waals surface area contributed by atoms with Crippen LogP contribution in [0.1, 0.15) is 11.3 Å². The van der Waals surface area contributed by atoms with E-state index in [4.69, 9.17) is 16.6 Å². The van der Waals surface area contributed by atoms with Gasteiger partial charge in [-0.3, -0.25) is 4.79 Å². The van der Waals surface area contributed by atoms with E-state index in [1.165, 1.54) is 36.4 Å². The second-order valence-corrected chi connectivity index (χ2v) is 6.32. The fraction of sp³-hybridized carbons (Fsp3) is 0.0667. The molecule has 2 heterocycles. The van der Waals surface area contributed by atoms with Crippen molar-refractivity contribution in [2.45, 2.75) is 6.18 Å². The first-order valence-corrected chi connectivity index (χ1v) is 7.58. The highest BCUT2D eigenvalue weighted by Crippen LogP contribution is 2.38. The highest BCUT2D eigenvalue weighted by Gasteiger charge is 2.34. The van der Waals surface area contributed by atoms with Crippen molar-refractivity contribution in [2.75, 3.05) is 0 Å². The zero-order valence-electron chi connectivity index (χ0n) is 11.3. The van der Waals surface area contributed by atoms with Crippen molar-refractivity contribution in [3.63, 3.8) is 0 Å². The maximum absolute atomic E-state index is 13.0. The zero-order valence-corrected chi connectivity index (χ0v) is 12.9. The van der Waals surface area contributed by atoms with Gasteiger partial charge < -0.3 is 9.73 Å². The zero-order chi connectivity index (χ0) is 16.6. The molecular weight excluding hydrogens is 347 g/mol. The van der Waals surface area contributed by atoms with E-state index in [1.54, 1.807) is 0 Å².